The standard InChI is InChI=1S/C23H22O3S/c1-3-17-8-10-19(11-9-17)23(25)16(2)26-22(24)15-27-21-13-12-18-6-4-5-7-20(18)14-21/h4-14,16H,3,15H2,1-2H3/t16-/m0/s1. The van der Waals surface area contributed by atoms with Crippen LogP contribution in [0.4, 0.5) is 0 Å². The number of aryl methyl sites for hydroxylation is 1. The van der Waals surface area contributed by atoms with Crippen LogP contribution in [-0.2, 0) is 16.0 Å². The number of esters is 1. The van der Waals surface area contributed by atoms with Crippen LogP contribution in [0.25, 0.3) is 10.8 Å². The minimum absolute atomic E-state index is 0.171. The fourth-order valence-corrected chi connectivity index (χ4v) is 3.55. The molecule has 3 rings (SSSR count). The molecule has 0 heterocycles. The van der Waals surface area contributed by atoms with Gasteiger partial charge in [0.1, 0.15) is 0 Å². The van der Waals surface area contributed by atoms with Gasteiger partial charge in [-0.05, 0) is 41.8 Å². The van der Waals surface area contributed by atoms with Crippen LogP contribution in [0.5, 0.6) is 0 Å². The number of ether oxygens (including phenoxy) is 1. The first-order valence-corrected chi connectivity index (χ1v) is 9.99. The van der Waals surface area contributed by atoms with Gasteiger partial charge in [0.2, 0.25) is 5.78 Å². The van der Waals surface area contributed by atoms with Crippen molar-refractivity contribution in [3.05, 3.63) is 77.9 Å². The highest BCUT2D eigenvalue weighted by molar-refractivity contribution is 8.00. The molecule has 4 heteroatoms. The molecule has 0 aliphatic heterocycles. The Labute approximate surface area is 163 Å². The van der Waals surface area contributed by atoms with Crippen molar-refractivity contribution in [1.82, 2.24) is 0 Å². The number of Topliss-reactive ketones (excluding diaryl/α,β-unsaturated/α-hetero) is 1. The van der Waals surface area contributed by atoms with Gasteiger partial charge in [0.15, 0.2) is 6.10 Å². The first-order chi connectivity index (χ1) is 13.1. The van der Waals surface area contributed by atoms with Gasteiger partial charge < -0.3 is 4.74 Å². The molecule has 0 aliphatic carbocycles. The lowest BCUT2D eigenvalue weighted by atomic mass is 10.0. The summed E-state index contributed by atoms with van der Waals surface area (Å²) in [5.41, 5.74) is 1.73. The predicted molar refractivity (Wildman–Crippen MR) is 110 cm³/mol. The Morgan fingerprint density at radius 1 is 0.963 bits per heavy atom. The molecule has 0 saturated heterocycles. The quantitative estimate of drug-likeness (QED) is 0.317. The van der Waals surface area contributed by atoms with Gasteiger partial charge in [-0.1, -0.05) is 61.5 Å². The number of rotatable bonds is 7. The van der Waals surface area contributed by atoms with Crippen molar-refractivity contribution in [2.45, 2.75) is 31.3 Å². The van der Waals surface area contributed by atoms with Crippen molar-refractivity contribution < 1.29 is 14.3 Å². The molecule has 0 fully saturated rings. The lowest BCUT2D eigenvalue weighted by Gasteiger charge is -2.12. The third-order valence-electron chi connectivity index (χ3n) is 4.40. The van der Waals surface area contributed by atoms with Crippen LogP contribution in [-0.4, -0.2) is 23.6 Å². The van der Waals surface area contributed by atoms with Crippen molar-refractivity contribution in [3.8, 4) is 0 Å². The zero-order valence-electron chi connectivity index (χ0n) is 15.5. The monoisotopic (exact) mass is 378 g/mol. The lowest BCUT2D eigenvalue weighted by molar-refractivity contribution is -0.143. The molecule has 0 bridgehead atoms. The van der Waals surface area contributed by atoms with Crippen molar-refractivity contribution in [2.75, 3.05) is 5.75 Å². The Kier molecular flexibility index (Phi) is 6.30. The fourth-order valence-electron chi connectivity index (χ4n) is 2.82. The molecular weight excluding hydrogens is 356 g/mol. The molecule has 0 spiro atoms. The average Bonchev–Trinajstić information content (AvgIpc) is 2.71. The molecule has 3 aromatic carbocycles. The number of hydrogen-bond acceptors (Lipinski definition) is 4. The SMILES string of the molecule is CCc1ccc(C(=O)[C@H](C)OC(=O)CSc2ccc3ccccc3c2)cc1. The summed E-state index contributed by atoms with van der Waals surface area (Å²) in [6.07, 6.45) is 0.132. The van der Waals surface area contributed by atoms with E-state index in [4.69, 9.17) is 4.74 Å². The van der Waals surface area contributed by atoms with Crippen LogP contribution in [0, 0.1) is 0 Å². The third kappa shape index (κ3) is 4.98. The maximum absolute atomic E-state index is 12.4. The summed E-state index contributed by atoms with van der Waals surface area (Å²) in [5.74, 6) is -0.397. The topological polar surface area (TPSA) is 43.4 Å². The molecular formula is C23H22O3S. The first-order valence-electron chi connectivity index (χ1n) is 9.01. The number of carbonyl (C=O) groups excluding carboxylic acids is 2. The van der Waals surface area contributed by atoms with Crippen LogP contribution in [0.15, 0.2) is 71.6 Å². The van der Waals surface area contributed by atoms with Gasteiger partial charge >= 0.3 is 5.97 Å². The lowest BCUT2D eigenvalue weighted by Crippen LogP contribution is -2.25. The van der Waals surface area contributed by atoms with Gasteiger partial charge in [-0.25, -0.2) is 0 Å². The van der Waals surface area contributed by atoms with Gasteiger partial charge in [0.05, 0.1) is 5.75 Å². The number of hydrogen-bond donors (Lipinski definition) is 0. The van der Waals surface area contributed by atoms with Crippen molar-refractivity contribution in [3.63, 3.8) is 0 Å². The molecule has 0 N–H and O–H groups in total. The van der Waals surface area contributed by atoms with Gasteiger partial charge in [-0.3, -0.25) is 9.59 Å². The second kappa shape index (κ2) is 8.87. The highest BCUT2D eigenvalue weighted by atomic mass is 32.2. The zero-order valence-corrected chi connectivity index (χ0v) is 16.3. The number of carbonyl (C=O) groups is 2. The van der Waals surface area contributed by atoms with Crippen molar-refractivity contribution in [2.24, 2.45) is 0 Å². The van der Waals surface area contributed by atoms with E-state index in [0.29, 0.717) is 5.56 Å². The minimum Gasteiger partial charge on any atom is -0.454 e. The molecule has 0 saturated carbocycles. The minimum atomic E-state index is -0.790. The van der Waals surface area contributed by atoms with Gasteiger partial charge in [0.25, 0.3) is 0 Å². The molecule has 1 atom stereocenters. The van der Waals surface area contributed by atoms with E-state index in [1.54, 1.807) is 19.1 Å². The molecule has 0 amide bonds. The third-order valence-corrected chi connectivity index (χ3v) is 5.37. The van der Waals surface area contributed by atoms with E-state index in [2.05, 4.69) is 19.1 Å². The van der Waals surface area contributed by atoms with Crippen LogP contribution in [0.3, 0.4) is 0 Å². The second-order valence-electron chi connectivity index (χ2n) is 6.34. The van der Waals surface area contributed by atoms with Gasteiger partial charge in [-0.15, -0.1) is 11.8 Å². The maximum Gasteiger partial charge on any atom is 0.316 e. The summed E-state index contributed by atoms with van der Waals surface area (Å²) < 4.78 is 5.32. The summed E-state index contributed by atoms with van der Waals surface area (Å²) in [7, 11) is 0. The van der Waals surface area contributed by atoms with Crippen LogP contribution < -0.4 is 0 Å². The largest absolute Gasteiger partial charge is 0.454 e. The van der Waals surface area contributed by atoms with E-state index in [1.807, 2.05) is 42.5 Å². The van der Waals surface area contributed by atoms with E-state index in [1.165, 1.54) is 17.3 Å². The highest BCUT2D eigenvalue weighted by Gasteiger charge is 2.19. The smallest absolute Gasteiger partial charge is 0.316 e. The van der Waals surface area contributed by atoms with Crippen molar-refractivity contribution >= 4 is 34.3 Å². The Morgan fingerprint density at radius 3 is 2.37 bits per heavy atom. The van der Waals surface area contributed by atoms with Crippen LogP contribution >= 0.6 is 11.8 Å². The molecule has 3 aromatic rings. The van der Waals surface area contributed by atoms with E-state index < -0.39 is 6.10 Å². The van der Waals surface area contributed by atoms with Gasteiger partial charge in [-0.2, -0.15) is 0 Å². The molecule has 138 valence electrons. The highest BCUT2D eigenvalue weighted by Crippen LogP contribution is 2.24. The Morgan fingerprint density at radius 2 is 1.67 bits per heavy atom. The van der Waals surface area contributed by atoms with Crippen molar-refractivity contribution in [1.29, 1.82) is 0 Å². The molecule has 27 heavy (non-hydrogen) atoms. The average molecular weight is 378 g/mol. The zero-order chi connectivity index (χ0) is 19.2. The molecule has 0 aliphatic rings. The Bertz CT molecular complexity index is 947. The van der Waals surface area contributed by atoms with Crippen LogP contribution in [0.1, 0.15) is 29.8 Å². The number of thioether (sulfide) groups is 1. The molecule has 0 aromatic heterocycles. The van der Waals surface area contributed by atoms with E-state index >= 15 is 0 Å². The van der Waals surface area contributed by atoms with Crippen LogP contribution in [0.2, 0.25) is 0 Å². The Hall–Kier alpha value is -2.59. The van der Waals surface area contributed by atoms with Gasteiger partial charge in [0, 0.05) is 10.5 Å². The van der Waals surface area contributed by atoms with E-state index in [-0.39, 0.29) is 17.5 Å². The predicted octanol–water partition coefficient (Wildman–Crippen LogP) is 5.31. The summed E-state index contributed by atoms with van der Waals surface area (Å²) in [6.45, 7) is 3.68. The molecule has 0 radical (unpaired) electrons. The Balaban J connectivity index is 1.55. The fraction of sp³-hybridized carbons (Fsp3) is 0.217. The summed E-state index contributed by atoms with van der Waals surface area (Å²) in [5, 5.41) is 2.30. The van der Waals surface area contributed by atoms with E-state index in [9.17, 15) is 9.59 Å². The molecule has 3 nitrogen and oxygen atoms in total. The first kappa shape index (κ1) is 19.2. The normalized spacial score (nSPS) is 11.9. The maximum atomic E-state index is 12.4. The number of ketones is 1. The summed E-state index contributed by atoms with van der Waals surface area (Å²) in [4.78, 5) is 25.5. The molecule has 0 unspecified atom stereocenters. The van der Waals surface area contributed by atoms with E-state index in [0.717, 1.165) is 22.1 Å². The number of fused-ring (bicyclic) bond motifs is 1. The summed E-state index contributed by atoms with van der Waals surface area (Å²) >= 11 is 1.41. The summed E-state index contributed by atoms with van der Waals surface area (Å²) in [6, 6.07) is 21.6. The second-order valence-corrected chi connectivity index (χ2v) is 7.39. The number of benzene rings is 3.